The molecule has 0 aromatic carbocycles. The van der Waals surface area contributed by atoms with E-state index < -0.39 is 11.9 Å². The highest BCUT2D eigenvalue weighted by Gasteiger charge is 2.21. The highest BCUT2D eigenvalue weighted by atomic mass is 32.1. The zero-order chi connectivity index (χ0) is 16.1. The van der Waals surface area contributed by atoms with Gasteiger partial charge in [-0.15, -0.1) is 9.36 Å². The first-order valence-corrected chi connectivity index (χ1v) is 6.61. The molecule has 0 saturated carbocycles. The van der Waals surface area contributed by atoms with Crippen molar-refractivity contribution in [2.24, 2.45) is 5.16 Å². The van der Waals surface area contributed by atoms with Crippen LogP contribution in [-0.4, -0.2) is 44.6 Å². The van der Waals surface area contributed by atoms with Crippen LogP contribution in [0.3, 0.4) is 0 Å². The first kappa shape index (κ1) is 15.4. The molecule has 11 nitrogen and oxygen atoms in total. The van der Waals surface area contributed by atoms with E-state index in [-0.39, 0.29) is 17.3 Å². The van der Waals surface area contributed by atoms with Gasteiger partial charge < -0.3 is 15.7 Å². The van der Waals surface area contributed by atoms with Gasteiger partial charge in [-0.25, -0.2) is 15.2 Å². The lowest BCUT2D eigenvalue weighted by Gasteiger charge is -2.01. The number of oxime groups is 1. The molecule has 0 fully saturated rings. The predicted molar refractivity (Wildman–Crippen MR) is 74.5 cm³/mol. The summed E-state index contributed by atoms with van der Waals surface area (Å²) in [5, 5.41) is 16.8. The summed E-state index contributed by atoms with van der Waals surface area (Å²) in [4.78, 5) is 31.3. The molecule has 12 heteroatoms. The molecule has 0 unspecified atom stereocenters. The SMILES string of the molecule is CO/N=C(/C(=O)N[n+]1cnn(CC(=O)O)c1)c1ncc(N)s1. The maximum absolute atomic E-state index is 12.2. The van der Waals surface area contributed by atoms with E-state index in [1.54, 1.807) is 0 Å². The number of nitrogens with zero attached hydrogens (tertiary/aromatic N) is 5. The second kappa shape index (κ2) is 6.62. The van der Waals surface area contributed by atoms with E-state index in [2.05, 4.69) is 25.5 Å². The van der Waals surface area contributed by atoms with Crippen molar-refractivity contribution in [1.82, 2.24) is 14.8 Å². The number of amides is 1. The Morgan fingerprint density at radius 3 is 3.00 bits per heavy atom. The monoisotopic (exact) mass is 326 g/mol. The lowest BCUT2D eigenvalue weighted by atomic mass is 10.4. The molecule has 0 radical (unpaired) electrons. The molecule has 4 N–H and O–H groups in total. The zero-order valence-corrected chi connectivity index (χ0v) is 12.1. The Morgan fingerprint density at radius 1 is 1.64 bits per heavy atom. The fraction of sp³-hybridized carbons (Fsp3) is 0.200. The molecule has 2 aromatic rings. The number of thiazole rings is 1. The third-order valence-corrected chi connectivity index (χ3v) is 3.07. The standard InChI is InChI=1S/C10H11N7O4S/c1-21-15-8(10-12-2-6(11)22-10)9(20)14-17-4-13-16(5-17)3-7(18)19/h2,4-5H,3H2,1H3,(H3-,11,14,15,18,19,20)/p+1. The van der Waals surface area contributed by atoms with E-state index in [1.807, 2.05) is 0 Å². The van der Waals surface area contributed by atoms with Gasteiger partial charge in [0.1, 0.15) is 12.1 Å². The van der Waals surface area contributed by atoms with E-state index >= 15 is 0 Å². The van der Waals surface area contributed by atoms with Crippen molar-refractivity contribution in [1.29, 1.82) is 0 Å². The number of aromatic nitrogens is 4. The molecule has 0 bridgehead atoms. The van der Waals surface area contributed by atoms with Gasteiger partial charge in [0.05, 0.1) is 6.20 Å². The molecule has 2 rings (SSSR count). The van der Waals surface area contributed by atoms with Gasteiger partial charge in [-0.2, -0.15) is 0 Å². The maximum atomic E-state index is 12.2. The molecular formula is C10H12N7O4S+. The van der Waals surface area contributed by atoms with Gasteiger partial charge in [0.15, 0.2) is 5.01 Å². The maximum Gasteiger partial charge on any atom is 0.341 e. The second-order valence-electron chi connectivity index (χ2n) is 3.88. The second-order valence-corrected chi connectivity index (χ2v) is 4.94. The van der Waals surface area contributed by atoms with Crippen molar-refractivity contribution in [3.05, 3.63) is 23.9 Å². The number of carboxylic acid groups (broad SMARTS) is 1. The van der Waals surface area contributed by atoms with Crippen LogP contribution >= 0.6 is 11.3 Å². The van der Waals surface area contributed by atoms with Gasteiger partial charge in [-0.05, 0) is 0 Å². The van der Waals surface area contributed by atoms with Gasteiger partial charge in [-0.3, -0.25) is 4.79 Å². The molecule has 0 atom stereocenters. The number of hydrogen-bond donors (Lipinski definition) is 3. The highest BCUT2D eigenvalue weighted by molar-refractivity contribution is 7.18. The van der Waals surface area contributed by atoms with Gasteiger partial charge in [0, 0.05) is 5.10 Å². The van der Waals surface area contributed by atoms with Gasteiger partial charge in [0.25, 0.3) is 6.33 Å². The molecule has 0 saturated heterocycles. The third-order valence-electron chi connectivity index (χ3n) is 2.23. The number of nitrogen functional groups attached to an aromatic ring is 1. The van der Waals surface area contributed by atoms with Crippen molar-refractivity contribution in [3.63, 3.8) is 0 Å². The molecule has 0 aliphatic carbocycles. The van der Waals surface area contributed by atoms with Gasteiger partial charge in [0.2, 0.25) is 18.6 Å². The fourth-order valence-corrected chi connectivity index (χ4v) is 2.10. The lowest BCUT2D eigenvalue weighted by molar-refractivity contribution is -0.642. The Balaban J connectivity index is 2.13. The fourth-order valence-electron chi connectivity index (χ4n) is 1.44. The number of aliphatic carboxylic acids is 1. The van der Waals surface area contributed by atoms with E-state index in [0.29, 0.717) is 5.00 Å². The largest absolute Gasteiger partial charge is 0.479 e. The Bertz CT molecular complexity index is 722. The third kappa shape index (κ3) is 3.76. The summed E-state index contributed by atoms with van der Waals surface area (Å²) in [7, 11) is 1.29. The molecular weight excluding hydrogens is 314 g/mol. The summed E-state index contributed by atoms with van der Waals surface area (Å²) < 4.78 is 2.32. The zero-order valence-electron chi connectivity index (χ0n) is 11.3. The van der Waals surface area contributed by atoms with Crippen LogP contribution in [-0.2, 0) is 21.0 Å². The van der Waals surface area contributed by atoms with E-state index in [9.17, 15) is 9.59 Å². The Hall–Kier alpha value is -3.02. The van der Waals surface area contributed by atoms with Crippen LogP contribution in [0.15, 0.2) is 24.0 Å². The van der Waals surface area contributed by atoms with Crippen LogP contribution in [0, 0.1) is 0 Å². The van der Waals surface area contributed by atoms with Gasteiger partial charge in [-0.1, -0.05) is 16.5 Å². The van der Waals surface area contributed by atoms with E-state index in [0.717, 1.165) is 16.0 Å². The van der Waals surface area contributed by atoms with E-state index in [4.69, 9.17) is 10.8 Å². The molecule has 0 aliphatic rings. The summed E-state index contributed by atoms with van der Waals surface area (Å²) in [5.41, 5.74) is 7.95. The number of carbonyl (C=O) groups is 2. The molecule has 2 heterocycles. The number of hydrogen-bond acceptors (Lipinski definition) is 8. The minimum atomic E-state index is -1.05. The lowest BCUT2D eigenvalue weighted by Crippen LogP contribution is -2.49. The smallest absolute Gasteiger partial charge is 0.341 e. The normalized spacial score (nSPS) is 11.2. The van der Waals surface area contributed by atoms with Crippen molar-refractivity contribution in [2.75, 3.05) is 18.3 Å². The first-order chi connectivity index (χ1) is 10.5. The average molecular weight is 326 g/mol. The summed E-state index contributed by atoms with van der Waals surface area (Å²) in [6, 6.07) is 0. The van der Waals surface area contributed by atoms with Crippen molar-refractivity contribution in [2.45, 2.75) is 6.54 Å². The number of nitrogens with two attached hydrogens (primary N) is 1. The highest BCUT2D eigenvalue weighted by Crippen LogP contribution is 2.15. The van der Waals surface area contributed by atoms with Crippen LogP contribution in [0.2, 0.25) is 0 Å². The summed E-state index contributed by atoms with van der Waals surface area (Å²) in [5.74, 6) is -1.67. The number of nitrogens with one attached hydrogen (secondary N) is 1. The summed E-state index contributed by atoms with van der Waals surface area (Å²) in [6.45, 7) is -0.328. The molecule has 1 amide bonds. The van der Waals surface area contributed by atoms with Crippen molar-refractivity contribution in [3.8, 4) is 0 Å². The topological polar surface area (TPSA) is 149 Å². The first-order valence-electron chi connectivity index (χ1n) is 5.79. The van der Waals surface area contributed by atoms with Gasteiger partial charge >= 0.3 is 11.9 Å². The molecule has 22 heavy (non-hydrogen) atoms. The minimum absolute atomic E-state index is 0.0670. The Kier molecular flexibility index (Phi) is 4.63. The molecule has 0 aliphatic heterocycles. The number of carboxylic acids is 1. The summed E-state index contributed by atoms with van der Waals surface area (Å²) in [6.07, 6.45) is 3.94. The quantitative estimate of drug-likeness (QED) is 0.329. The average Bonchev–Trinajstić information content (AvgIpc) is 3.04. The van der Waals surface area contributed by atoms with Crippen LogP contribution in [0.4, 0.5) is 5.00 Å². The Morgan fingerprint density at radius 2 is 2.41 bits per heavy atom. The predicted octanol–water partition coefficient (Wildman–Crippen LogP) is -1.59. The van der Waals surface area contributed by atoms with Crippen LogP contribution in [0.5, 0.6) is 0 Å². The number of rotatable bonds is 6. The molecule has 116 valence electrons. The Labute approximate surface area is 127 Å². The van der Waals surface area contributed by atoms with Crippen molar-refractivity contribution < 1.29 is 24.2 Å². The van der Waals surface area contributed by atoms with Crippen molar-refractivity contribution >= 4 is 33.9 Å². The number of anilines is 1. The molecule has 0 spiro atoms. The number of carbonyl (C=O) groups excluding carboxylic acids is 1. The minimum Gasteiger partial charge on any atom is -0.479 e. The summed E-state index contributed by atoms with van der Waals surface area (Å²) >= 11 is 1.08. The van der Waals surface area contributed by atoms with E-state index in [1.165, 1.54) is 30.6 Å². The molecule has 2 aromatic heterocycles. The van der Waals surface area contributed by atoms with Crippen LogP contribution in [0.1, 0.15) is 5.01 Å². The van der Waals surface area contributed by atoms with Crippen LogP contribution in [0.25, 0.3) is 0 Å². The van der Waals surface area contributed by atoms with Crippen LogP contribution < -0.4 is 15.8 Å².